The van der Waals surface area contributed by atoms with E-state index in [4.69, 9.17) is 0 Å². The van der Waals surface area contributed by atoms with E-state index in [-0.39, 0.29) is 0 Å². The van der Waals surface area contributed by atoms with Crippen LogP contribution in [0.2, 0.25) is 0 Å². The molecule has 0 unspecified atom stereocenters. The summed E-state index contributed by atoms with van der Waals surface area (Å²) in [4.78, 5) is 9.78. The molecule has 2 rings (SSSR count). The predicted octanol–water partition coefficient (Wildman–Crippen LogP) is 2.06. The first kappa shape index (κ1) is 12.4. The summed E-state index contributed by atoms with van der Waals surface area (Å²) in [5.41, 5.74) is 3.00. The number of rotatable bonds is 3. The Morgan fingerprint density at radius 3 is 2.88 bits per heavy atom. The Balaban J connectivity index is 1.81. The highest BCUT2D eigenvalue weighted by molar-refractivity contribution is 7.09. The Bertz CT molecular complexity index is 380. The van der Waals surface area contributed by atoms with E-state index < -0.39 is 0 Å². The lowest BCUT2D eigenvalue weighted by molar-refractivity contribution is 0.614. The molecular formula is C12H20N4S. The average Bonchev–Trinajstić information content (AvgIpc) is 2.96. The largest absolute Gasteiger partial charge is 0.354 e. The third-order valence-electron chi connectivity index (χ3n) is 3.18. The van der Waals surface area contributed by atoms with E-state index in [1.54, 1.807) is 11.3 Å². The molecule has 1 aliphatic carbocycles. The molecule has 1 aliphatic rings. The van der Waals surface area contributed by atoms with E-state index in [1.165, 1.54) is 30.6 Å². The van der Waals surface area contributed by atoms with Crippen LogP contribution in [0, 0.1) is 6.92 Å². The summed E-state index contributed by atoms with van der Waals surface area (Å²) in [6.07, 6.45) is 5.20. The molecule has 0 bridgehead atoms. The van der Waals surface area contributed by atoms with Crippen molar-refractivity contribution in [1.29, 1.82) is 0 Å². The predicted molar refractivity (Wildman–Crippen MR) is 72.4 cm³/mol. The summed E-state index contributed by atoms with van der Waals surface area (Å²) in [5, 5.41) is 6.82. The summed E-state index contributed by atoms with van der Waals surface area (Å²) < 4.78 is 0. The van der Waals surface area contributed by atoms with Gasteiger partial charge in [0.15, 0.2) is 5.96 Å². The maximum absolute atomic E-state index is 4.26. The second-order valence-electron chi connectivity index (χ2n) is 4.41. The smallest absolute Gasteiger partial charge is 0.191 e. The van der Waals surface area contributed by atoms with Crippen molar-refractivity contribution in [3.05, 3.63) is 16.1 Å². The van der Waals surface area contributed by atoms with Crippen molar-refractivity contribution in [1.82, 2.24) is 15.6 Å². The lowest BCUT2D eigenvalue weighted by Crippen LogP contribution is -2.41. The maximum atomic E-state index is 4.26. The monoisotopic (exact) mass is 252 g/mol. The fraction of sp³-hybridized carbons (Fsp3) is 0.667. The summed E-state index contributed by atoms with van der Waals surface area (Å²) >= 11 is 1.69. The van der Waals surface area contributed by atoms with Crippen LogP contribution < -0.4 is 10.6 Å². The minimum absolute atomic E-state index is 0.601. The van der Waals surface area contributed by atoms with Gasteiger partial charge in [-0.2, -0.15) is 0 Å². The Morgan fingerprint density at radius 2 is 2.29 bits per heavy atom. The van der Waals surface area contributed by atoms with E-state index in [0.717, 1.165) is 18.2 Å². The topological polar surface area (TPSA) is 49.3 Å². The molecule has 2 N–H and O–H groups in total. The van der Waals surface area contributed by atoms with E-state index in [2.05, 4.69) is 20.6 Å². The molecule has 17 heavy (non-hydrogen) atoms. The number of guanidine groups is 1. The SMILES string of the molecule is CN=C(NCc1scnc1C)NC1CCCC1. The average molecular weight is 252 g/mol. The summed E-state index contributed by atoms with van der Waals surface area (Å²) in [6.45, 7) is 2.85. The molecule has 94 valence electrons. The van der Waals surface area contributed by atoms with Crippen LogP contribution >= 0.6 is 11.3 Å². The van der Waals surface area contributed by atoms with Crippen LogP contribution in [0.5, 0.6) is 0 Å². The molecule has 0 aliphatic heterocycles. The second kappa shape index (κ2) is 6.00. The first-order chi connectivity index (χ1) is 8.29. The summed E-state index contributed by atoms with van der Waals surface area (Å²) in [6, 6.07) is 0.601. The highest BCUT2D eigenvalue weighted by Gasteiger charge is 2.15. The Hall–Kier alpha value is -1.10. The quantitative estimate of drug-likeness (QED) is 0.639. The van der Waals surface area contributed by atoms with Crippen LogP contribution in [0.1, 0.15) is 36.3 Å². The molecule has 1 saturated carbocycles. The van der Waals surface area contributed by atoms with Gasteiger partial charge in [-0.3, -0.25) is 4.99 Å². The van der Waals surface area contributed by atoms with Crippen molar-refractivity contribution in [2.75, 3.05) is 7.05 Å². The molecule has 1 aromatic rings. The minimum atomic E-state index is 0.601. The number of hydrogen-bond donors (Lipinski definition) is 2. The fourth-order valence-electron chi connectivity index (χ4n) is 2.12. The molecule has 0 amide bonds. The molecule has 0 aromatic carbocycles. The van der Waals surface area contributed by atoms with Gasteiger partial charge in [0.05, 0.1) is 17.7 Å². The van der Waals surface area contributed by atoms with Gasteiger partial charge in [0, 0.05) is 18.0 Å². The minimum Gasteiger partial charge on any atom is -0.354 e. The van der Waals surface area contributed by atoms with Crippen molar-refractivity contribution in [2.45, 2.75) is 45.2 Å². The van der Waals surface area contributed by atoms with Crippen LogP contribution in [0.3, 0.4) is 0 Å². The van der Waals surface area contributed by atoms with Crippen LogP contribution in [-0.2, 0) is 6.54 Å². The first-order valence-electron chi connectivity index (χ1n) is 6.15. The van der Waals surface area contributed by atoms with Crippen LogP contribution in [0.15, 0.2) is 10.5 Å². The van der Waals surface area contributed by atoms with E-state index >= 15 is 0 Å². The van der Waals surface area contributed by atoms with Gasteiger partial charge in [0.1, 0.15) is 0 Å². The van der Waals surface area contributed by atoms with E-state index in [0.29, 0.717) is 6.04 Å². The summed E-state index contributed by atoms with van der Waals surface area (Å²) in [5.74, 6) is 0.907. The lowest BCUT2D eigenvalue weighted by atomic mass is 10.2. The molecule has 5 heteroatoms. The van der Waals surface area contributed by atoms with Gasteiger partial charge in [0.2, 0.25) is 0 Å². The van der Waals surface area contributed by atoms with Gasteiger partial charge in [-0.1, -0.05) is 12.8 Å². The van der Waals surface area contributed by atoms with Crippen molar-refractivity contribution >= 4 is 17.3 Å². The fourth-order valence-corrected chi connectivity index (χ4v) is 2.83. The zero-order chi connectivity index (χ0) is 12.1. The molecule has 0 radical (unpaired) electrons. The Labute approximate surface area is 107 Å². The zero-order valence-electron chi connectivity index (χ0n) is 10.5. The van der Waals surface area contributed by atoms with Crippen LogP contribution in [-0.4, -0.2) is 24.0 Å². The molecule has 1 fully saturated rings. The standard InChI is InChI=1S/C12H20N4S/c1-9-11(17-8-15-9)7-14-12(13-2)16-10-5-3-4-6-10/h8,10H,3-7H2,1-2H3,(H2,13,14,16). The third kappa shape index (κ3) is 3.43. The van der Waals surface area contributed by atoms with Gasteiger partial charge < -0.3 is 10.6 Å². The number of aliphatic imine (C=N–C) groups is 1. The molecular weight excluding hydrogens is 232 g/mol. The molecule has 1 heterocycles. The number of nitrogens with one attached hydrogen (secondary N) is 2. The highest BCUT2D eigenvalue weighted by Crippen LogP contribution is 2.17. The zero-order valence-corrected chi connectivity index (χ0v) is 11.3. The van der Waals surface area contributed by atoms with E-state index in [1.807, 2.05) is 19.5 Å². The van der Waals surface area contributed by atoms with Crippen molar-refractivity contribution in [3.8, 4) is 0 Å². The van der Waals surface area contributed by atoms with Gasteiger partial charge >= 0.3 is 0 Å². The van der Waals surface area contributed by atoms with Crippen molar-refractivity contribution in [3.63, 3.8) is 0 Å². The third-order valence-corrected chi connectivity index (χ3v) is 4.12. The van der Waals surface area contributed by atoms with Gasteiger partial charge in [-0.05, 0) is 19.8 Å². The van der Waals surface area contributed by atoms with Crippen LogP contribution in [0.25, 0.3) is 0 Å². The number of aromatic nitrogens is 1. The Kier molecular flexibility index (Phi) is 4.36. The number of thiazole rings is 1. The normalized spacial score (nSPS) is 17.4. The molecule has 1 aromatic heterocycles. The van der Waals surface area contributed by atoms with Crippen molar-refractivity contribution in [2.24, 2.45) is 4.99 Å². The molecule has 0 atom stereocenters. The number of nitrogens with zero attached hydrogens (tertiary/aromatic N) is 2. The van der Waals surface area contributed by atoms with Crippen LogP contribution in [0.4, 0.5) is 0 Å². The lowest BCUT2D eigenvalue weighted by Gasteiger charge is -2.16. The molecule has 4 nitrogen and oxygen atoms in total. The molecule has 0 saturated heterocycles. The van der Waals surface area contributed by atoms with E-state index in [9.17, 15) is 0 Å². The van der Waals surface area contributed by atoms with Gasteiger partial charge in [-0.15, -0.1) is 11.3 Å². The van der Waals surface area contributed by atoms with Gasteiger partial charge in [0.25, 0.3) is 0 Å². The molecule has 0 spiro atoms. The maximum Gasteiger partial charge on any atom is 0.191 e. The Morgan fingerprint density at radius 1 is 1.53 bits per heavy atom. The second-order valence-corrected chi connectivity index (χ2v) is 5.35. The summed E-state index contributed by atoms with van der Waals surface area (Å²) in [7, 11) is 1.82. The number of hydrogen-bond acceptors (Lipinski definition) is 3. The first-order valence-corrected chi connectivity index (χ1v) is 7.03. The van der Waals surface area contributed by atoms with Crippen molar-refractivity contribution < 1.29 is 0 Å². The highest BCUT2D eigenvalue weighted by atomic mass is 32.1. The number of aryl methyl sites for hydroxylation is 1. The van der Waals surface area contributed by atoms with Gasteiger partial charge in [-0.25, -0.2) is 4.98 Å².